The van der Waals surface area contributed by atoms with Crippen LogP contribution in [0, 0.1) is 2.88 Å². The van der Waals surface area contributed by atoms with Crippen molar-refractivity contribution in [2.45, 2.75) is 0 Å². The molecule has 0 atom stereocenters. The summed E-state index contributed by atoms with van der Waals surface area (Å²) < 4.78 is 3.73. The summed E-state index contributed by atoms with van der Waals surface area (Å²) in [6, 6.07) is 4.05. The SMILES string of the molecule is O=Cc1cc2sc(I)cc2s1. The number of hydrogen-bond acceptors (Lipinski definition) is 3. The van der Waals surface area contributed by atoms with Crippen molar-refractivity contribution < 1.29 is 4.79 Å². The van der Waals surface area contributed by atoms with E-state index in [1.54, 1.807) is 22.7 Å². The first kappa shape index (κ1) is 7.70. The summed E-state index contributed by atoms with van der Waals surface area (Å²) in [4.78, 5) is 11.2. The number of carbonyl (C=O) groups excluding carboxylic acids is 1. The van der Waals surface area contributed by atoms with E-state index in [9.17, 15) is 4.79 Å². The molecule has 0 aliphatic heterocycles. The number of carbonyl (C=O) groups is 1. The van der Waals surface area contributed by atoms with Crippen LogP contribution in [0.15, 0.2) is 12.1 Å². The molecule has 0 aromatic carbocycles. The van der Waals surface area contributed by atoms with Gasteiger partial charge in [0, 0.05) is 9.40 Å². The molecule has 2 aromatic rings. The van der Waals surface area contributed by atoms with Crippen LogP contribution >= 0.6 is 45.3 Å². The fraction of sp³-hybridized carbons (Fsp3) is 0. The molecule has 0 fully saturated rings. The van der Waals surface area contributed by atoms with Crippen molar-refractivity contribution in [2.24, 2.45) is 0 Å². The van der Waals surface area contributed by atoms with Crippen molar-refractivity contribution in [2.75, 3.05) is 0 Å². The van der Waals surface area contributed by atoms with Crippen LogP contribution in [-0.2, 0) is 0 Å². The Morgan fingerprint density at radius 2 is 2.00 bits per heavy atom. The second-order valence-electron chi connectivity index (χ2n) is 2.05. The van der Waals surface area contributed by atoms with Gasteiger partial charge in [-0.2, -0.15) is 0 Å². The zero-order chi connectivity index (χ0) is 7.84. The second kappa shape index (κ2) is 2.84. The summed E-state index contributed by atoms with van der Waals surface area (Å²) in [7, 11) is 0. The Bertz CT molecular complexity index is 370. The first-order chi connectivity index (χ1) is 5.29. The molecule has 0 radical (unpaired) electrons. The highest BCUT2D eigenvalue weighted by Gasteiger charge is 2.03. The molecule has 0 aliphatic rings. The Morgan fingerprint density at radius 1 is 1.27 bits per heavy atom. The molecular formula is C7H3IOS2. The maximum absolute atomic E-state index is 10.4. The molecule has 1 nitrogen and oxygen atoms in total. The van der Waals surface area contributed by atoms with Crippen LogP contribution in [0.3, 0.4) is 0 Å². The molecule has 11 heavy (non-hydrogen) atoms. The zero-order valence-corrected chi connectivity index (χ0v) is 9.13. The van der Waals surface area contributed by atoms with Gasteiger partial charge < -0.3 is 0 Å². The van der Waals surface area contributed by atoms with Crippen molar-refractivity contribution in [3.63, 3.8) is 0 Å². The van der Waals surface area contributed by atoms with Crippen LogP contribution in [0.1, 0.15) is 9.67 Å². The van der Waals surface area contributed by atoms with Gasteiger partial charge in [0.15, 0.2) is 6.29 Å². The number of aldehydes is 1. The Hall–Kier alpha value is 0.0600. The Morgan fingerprint density at radius 3 is 2.64 bits per heavy atom. The average molecular weight is 294 g/mol. The lowest BCUT2D eigenvalue weighted by molar-refractivity contribution is 0.112. The van der Waals surface area contributed by atoms with Gasteiger partial charge in [-0.05, 0) is 34.7 Å². The lowest BCUT2D eigenvalue weighted by atomic mass is 10.5. The minimum absolute atomic E-state index is 0.822. The van der Waals surface area contributed by atoms with E-state index in [0.29, 0.717) is 0 Å². The van der Waals surface area contributed by atoms with E-state index in [1.807, 2.05) is 6.07 Å². The molecule has 2 heterocycles. The third-order valence-electron chi connectivity index (χ3n) is 1.31. The summed E-state index contributed by atoms with van der Waals surface area (Å²) in [6.45, 7) is 0. The topological polar surface area (TPSA) is 17.1 Å². The smallest absolute Gasteiger partial charge is 0.160 e. The van der Waals surface area contributed by atoms with Gasteiger partial charge in [0.2, 0.25) is 0 Å². The molecule has 2 rings (SSSR count). The quantitative estimate of drug-likeness (QED) is 0.582. The molecule has 0 unspecified atom stereocenters. The third kappa shape index (κ3) is 1.34. The number of halogens is 1. The Kier molecular flexibility index (Phi) is 1.98. The van der Waals surface area contributed by atoms with E-state index in [-0.39, 0.29) is 0 Å². The number of hydrogen-bond donors (Lipinski definition) is 0. The highest BCUT2D eigenvalue weighted by atomic mass is 127. The maximum atomic E-state index is 10.4. The molecule has 0 saturated carbocycles. The van der Waals surface area contributed by atoms with E-state index in [2.05, 4.69) is 28.7 Å². The van der Waals surface area contributed by atoms with Gasteiger partial charge in [0.05, 0.1) is 7.76 Å². The fourth-order valence-corrected chi connectivity index (χ4v) is 4.06. The van der Waals surface area contributed by atoms with Gasteiger partial charge in [-0.15, -0.1) is 22.7 Å². The Balaban J connectivity index is 2.72. The lowest BCUT2D eigenvalue weighted by Crippen LogP contribution is -1.62. The van der Waals surface area contributed by atoms with Crippen LogP contribution in [0.4, 0.5) is 0 Å². The normalized spacial score (nSPS) is 10.6. The van der Waals surface area contributed by atoms with E-state index >= 15 is 0 Å². The predicted octanol–water partition coefficient (Wildman–Crippen LogP) is 3.38. The first-order valence-electron chi connectivity index (χ1n) is 2.93. The number of thiophene rings is 2. The summed E-state index contributed by atoms with van der Waals surface area (Å²) in [5, 5.41) is 0. The van der Waals surface area contributed by atoms with E-state index in [0.717, 1.165) is 11.2 Å². The third-order valence-corrected chi connectivity index (χ3v) is 4.29. The fourth-order valence-electron chi connectivity index (χ4n) is 0.883. The average Bonchev–Trinajstić information content (AvgIpc) is 2.43. The molecule has 0 amide bonds. The standard InChI is InChI=1S/C7H3IOS2/c8-7-2-6-5(11-7)1-4(3-9)10-6/h1-3H. The molecule has 4 heteroatoms. The van der Waals surface area contributed by atoms with Gasteiger partial charge in [-0.3, -0.25) is 4.79 Å². The monoisotopic (exact) mass is 294 g/mol. The first-order valence-corrected chi connectivity index (χ1v) is 5.65. The van der Waals surface area contributed by atoms with Crippen LogP contribution in [0.2, 0.25) is 0 Å². The molecule has 0 bridgehead atoms. The molecule has 0 aliphatic carbocycles. The minimum Gasteiger partial charge on any atom is -0.297 e. The summed E-state index contributed by atoms with van der Waals surface area (Å²) in [6.07, 6.45) is 0.907. The maximum Gasteiger partial charge on any atom is 0.160 e. The van der Waals surface area contributed by atoms with Crippen LogP contribution in [0.5, 0.6) is 0 Å². The van der Waals surface area contributed by atoms with Crippen molar-refractivity contribution in [1.29, 1.82) is 0 Å². The van der Waals surface area contributed by atoms with E-state index < -0.39 is 0 Å². The largest absolute Gasteiger partial charge is 0.297 e. The highest BCUT2D eigenvalue weighted by molar-refractivity contribution is 14.1. The van der Waals surface area contributed by atoms with E-state index in [4.69, 9.17) is 0 Å². The summed E-state index contributed by atoms with van der Waals surface area (Å²) in [5.41, 5.74) is 0. The molecule has 56 valence electrons. The van der Waals surface area contributed by atoms with Crippen LogP contribution in [0.25, 0.3) is 9.40 Å². The lowest BCUT2D eigenvalue weighted by Gasteiger charge is -1.73. The van der Waals surface area contributed by atoms with Gasteiger partial charge in [0.1, 0.15) is 0 Å². The molecule has 2 aromatic heterocycles. The number of fused-ring (bicyclic) bond motifs is 1. The highest BCUT2D eigenvalue weighted by Crippen LogP contribution is 2.32. The van der Waals surface area contributed by atoms with Gasteiger partial charge >= 0.3 is 0 Å². The van der Waals surface area contributed by atoms with Gasteiger partial charge in [-0.1, -0.05) is 0 Å². The van der Waals surface area contributed by atoms with Crippen molar-refractivity contribution in [1.82, 2.24) is 0 Å². The van der Waals surface area contributed by atoms with Crippen LogP contribution in [-0.4, -0.2) is 6.29 Å². The van der Waals surface area contributed by atoms with Gasteiger partial charge in [0.25, 0.3) is 0 Å². The molecular weight excluding hydrogens is 291 g/mol. The van der Waals surface area contributed by atoms with E-state index in [1.165, 1.54) is 12.3 Å². The van der Waals surface area contributed by atoms with Crippen molar-refractivity contribution >= 4 is 61.0 Å². The molecule has 0 spiro atoms. The summed E-state index contributed by atoms with van der Waals surface area (Å²) in [5.74, 6) is 0. The Labute approximate surface area is 85.2 Å². The second-order valence-corrected chi connectivity index (χ2v) is 6.14. The van der Waals surface area contributed by atoms with Crippen molar-refractivity contribution in [3.05, 3.63) is 19.9 Å². The summed E-state index contributed by atoms with van der Waals surface area (Å²) >= 11 is 5.57. The zero-order valence-electron chi connectivity index (χ0n) is 5.33. The van der Waals surface area contributed by atoms with Crippen molar-refractivity contribution in [3.8, 4) is 0 Å². The van der Waals surface area contributed by atoms with Crippen LogP contribution < -0.4 is 0 Å². The number of rotatable bonds is 1. The molecule has 0 saturated heterocycles. The molecule has 0 N–H and O–H groups in total. The van der Waals surface area contributed by atoms with Gasteiger partial charge in [-0.25, -0.2) is 0 Å². The minimum atomic E-state index is 0.822. The predicted molar refractivity (Wildman–Crippen MR) is 57.8 cm³/mol.